The first-order valence-corrected chi connectivity index (χ1v) is 11.4. The van der Waals surface area contributed by atoms with Crippen LogP contribution >= 0.6 is 0 Å². The van der Waals surface area contributed by atoms with E-state index in [1.165, 1.54) is 29.8 Å². The first kappa shape index (κ1) is 23.6. The van der Waals surface area contributed by atoms with Gasteiger partial charge in [0.2, 0.25) is 0 Å². The molecule has 0 spiro atoms. The Morgan fingerprint density at radius 3 is 2.50 bits per heavy atom. The minimum atomic E-state index is -0.961. The van der Waals surface area contributed by atoms with Crippen molar-refractivity contribution in [1.29, 1.82) is 0 Å². The lowest BCUT2D eigenvalue weighted by atomic mass is 9.97. The topological polar surface area (TPSA) is 122 Å². The number of aromatic nitrogens is 3. The Balaban J connectivity index is 2.01. The molecule has 1 atom stereocenters. The second-order valence-corrected chi connectivity index (χ2v) is 9.87. The van der Waals surface area contributed by atoms with Crippen molar-refractivity contribution >= 4 is 16.6 Å². The molecule has 10 nitrogen and oxygen atoms in total. The maximum Gasteiger partial charge on any atom is 0.331 e. The summed E-state index contributed by atoms with van der Waals surface area (Å²) in [4.78, 5) is 37.6. The van der Waals surface area contributed by atoms with Crippen molar-refractivity contribution in [2.24, 2.45) is 14.1 Å². The maximum atomic E-state index is 13.6. The molecule has 0 radical (unpaired) electrons. The van der Waals surface area contributed by atoms with E-state index in [2.05, 4.69) is 0 Å². The fraction of sp³-hybridized carbons (Fsp3) is 0.308. The summed E-state index contributed by atoms with van der Waals surface area (Å²) in [5.41, 5.74) is 1.62. The second kappa shape index (κ2) is 7.92. The van der Waals surface area contributed by atoms with Gasteiger partial charge in [0.05, 0.1) is 39.4 Å². The van der Waals surface area contributed by atoms with Gasteiger partial charge in [-0.15, -0.1) is 0 Å². The van der Waals surface area contributed by atoms with E-state index in [4.69, 9.17) is 4.74 Å². The van der Waals surface area contributed by atoms with Gasteiger partial charge in [0.1, 0.15) is 11.9 Å². The molecule has 10 heteroatoms. The number of phenolic OH excluding ortho intramolecular Hbond substituents is 1. The third kappa shape index (κ3) is 3.29. The zero-order valence-corrected chi connectivity index (χ0v) is 20.6. The quantitative estimate of drug-likeness (QED) is 0.347. The number of fused-ring (bicyclic) bond motifs is 3. The number of nitrogens with zero attached hydrogens (tertiary/aromatic N) is 4. The van der Waals surface area contributed by atoms with Crippen molar-refractivity contribution in [3.05, 3.63) is 90.2 Å². The van der Waals surface area contributed by atoms with E-state index in [0.717, 1.165) is 15.7 Å². The van der Waals surface area contributed by atoms with E-state index in [1.54, 1.807) is 7.05 Å². The van der Waals surface area contributed by atoms with Crippen LogP contribution in [-0.2, 0) is 24.4 Å². The zero-order chi connectivity index (χ0) is 26.1. The summed E-state index contributed by atoms with van der Waals surface area (Å²) in [6, 6.07) is 11.5. The summed E-state index contributed by atoms with van der Waals surface area (Å²) in [5, 5.41) is 22.6. The van der Waals surface area contributed by atoms with Crippen LogP contribution in [0.3, 0.4) is 0 Å². The van der Waals surface area contributed by atoms with Crippen LogP contribution in [0.5, 0.6) is 5.75 Å². The third-order valence-corrected chi connectivity index (χ3v) is 6.86. The van der Waals surface area contributed by atoms with E-state index < -0.39 is 27.8 Å². The highest BCUT2D eigenvalue weighted by Crippen LogP contribution is 2.47. The molecule has 4 aromatic rings. The fourth-order valence-corrected chi connectivity index (χ4v) is 5.16. The van der Waals surface area contributed by atoms with E-state index in [0.29, 0.717) is 22.3 Å². The van der Waals surface area contributed by atoms with Gasteiger partial charge in [-0.05, 0) is 38.5 Å². The molecule has 0 aliphatic carbocycles. The highest BCUT2D eigenvalue weighted by molar-refractivity contribution is 5.97. The molecular weight excluding hydrogens is 464 g/mol. The van der Waals surface area contributed by atoms with Gasteiger partial charge < -0.3 is 14.4 Å². The van der Waals surface area contributed by atoms with Crippen LogP contribution in [0.4, 0.5) is 5.69 Å². The van der Waals surface area contributed by atoms with E-state index in [9.17, 15) is 24.8 Å². The maximum absolute atomic E-state index is 13.6. The molecular formula is C26H26N4O6. The highest BCUT2D eigenvalue weighted by atomic mass is 16.6. The molecule has 2 aromatic heterocycles. The Kier molecular flexibility index (Phi) is 5.18. The SMILES string of the molecule is Cc1cccc(-c2c3c(=O)n(C)c(=O)n(C)c3c3n2C(C)(C)CO[C@@H]3c2cc([N+](=O)[O-])ccc2O)c1. The van der Waals surface area contributed by atoms with Crippen molar-refractivity contribution in [3.8, 4) is 17.0 Å². The lowest BCUT2D eigenvalue weighted by molar-refractivity contribution is -0.385. The van der Waals surface area contributed by atoms with Crippen LogP contribution < -0.4 is 11.2 Å². The Labute approximate surface area is 205 Å². The molecule has 3 heterocycles. The number of benzene rings is 2. The molecule has 36 heavy (non-hydrogen) atoms. The van der Waals surface area contributed by atoms with Gasteiger partial charge >= 0.3 is 5.69 Å². The van der Waals surface area contributed by atoms with Crippen molar-refractivity contribution in [2.75, 3.05) is 6.61 Å². The Morgan fingerprint density at radius 1 is 1.11 bits per heavy atom. The van der Waals surface area contributed by atoms with Gasteiger partial charge in [-0.3, -0.25) is 24.0 Å². The molecule has 186 valence electrons. The fourth-order valence-electron chi connectivity index (χ4n) is 5.16. The van der Waals surface area contributed by atoms with Crippen molar-refractivity contribution in [2.45, 2.75) is 32.4 Å². The van der Waals surface area contributed by atoms with Gasteiger partial charge in [0, 0.05) is 31.8 Å². The molecule has 1 aliphatic rings. The van der Waals surface area contributed by atoms with Crippen LogP contribution in [0, 0.1) is 17.0 Å². The highest BCUT2D eigenvalue weighted by Gasteiger charge is 2.41. The number of nitro benzene ring substituents is 1. The predicted octanol–water partition coefficient (Wildman–Crippen LogP) is 3.48. The first-order valence-electron chi connectivity index (χ1n) is 11.4. The molecule has 1 aliphatic heterocycles. The summed E-state index contributed by atoms with van der Waals surface area (Å²) in [7, 11) is 3.02. The van der Waals surface area contributed by atoms with Crippen molar-refractivity contribution in [1.82, 2.24) is 13.7 Å². The normalized spacial score (nSPS) is 16.8. The van der Waals surface area contributed by atoms with Gasteiger partial charge in [-0.2, -0.15) is 0 Å². The van der Waals surface area contributed by atoms with Crippen molar-refractivity contribution < 1.29 is 14.8 Å². The molecule has 5 rings (SSSR count). The molecule has 0 amide bonds. The van der Waals surface area contributed by atoms with E-state index in [-0.39, 0.29) is 23.6 Å². The van der Waals surface area contributed by atoms with Crippen LogP contribution in [0.2, 0.25) is 0 Å². The van der Waals surface area contributed by atoms with Crippen LogP contribution in [0.1, 0.15) is 36.8 Å². The Morgan fingerprint density at radius 2 is 1.83 bits per heavy atom. The molecule has 0 saturated heterocycles. The van der Waals surface area contributed by atoms with E-state index in [1.807, 2.05) is 49.6 Å². The second-order valence-electron chi connectivity index (χ2n) is 9.87. The van der Waals surface area contributed by atoms with Gasteiger partial charge in [0.15, 0.2) is 0 Å². The van der Waals surface area contributed by atoms with Gasteiger partial charge in [0.25, 0.3) is 11.2 Å². The number of aromatic hydroxyl groups is 1. The Bertz CT molecular complexity index is 1690. The number of hydrogen-bond donors (Lipinski definition) is 1. The lowest BCUT2D eigenvalue weighted by Gasteiger charge is -2.39. The molecule has 0 fully saturated rings. The molecule has 1 N–H and O–H groups in total. The number of ether oxygens (including phenoxy) is 1. The smallest absolute Gasteiger partial charge is 0.331 e. The summed E-state index contributed by atoms with van der Waals surface area (Å²) in [5.74, 6) is -0.183. The molecule has 2 aromatic carbocycles. The van der Waals surface area contributed by atoms with Crippen LogP contribution in [-0.4, -0.2) is 30.3 Å². The summed E-state index contributed by atoms with van der Waals surface area (Å²) in [6.45, 7) is 6.07. The summed E-state index contributed by atoms with van der Waals surface area (Å²) >= 11 is 0. The first-order chi connectivity index (χ1) is 16.9. The predicted molar refractivity (Wildman–Crippen MR) is 134 cm³/mol. The number of phenols is 1. The zero-order valence-electron chi connectivity index (χ0n) is 20.6. The monoisotopic (exact) mass is 490 g/mol. The molecule has 0 saturated carbocycles. The molecule has 0 bridgehead atoms. The summed E-state index contributed by atoms with van der Waals surface area (Å²) < 4.78 is 10.7. The number of rotatable bonds is 3. The van der Waals surface area contributed by atoms with Crippen molar-refractivity contribution in [3.63, 3.8) is 0 Å². The van der Waals surface area contributed by atoms with Gasteiger partial charge in [-0.25, -0.2) is 4.79 Å². The largest absolute Gasteiger partial charge is 0.508 e. The van der Waals surface area contributed by atoms with Gasteiger partial charge in [-0.1, -0.05) is 23.8 Å². The third-order valence-electron chi connectivity index (χ3n) is 6.86. The number of aryl methyl sites for hydroxylation is 2. The Hall–Kier alpha value is -4.18. The standard InChI is InChI=1S/C26H26N4O6/c1-14-7-6-8-15(11-14)20-19-21(27(4)25(33)28(5)24(19)32)22-23(36-13-26(2,3)29(20)22)17-12-16(30(34)35)9-10-18(17)31/h6-12,23,31H,13H2,1-5H3/t23-/m1/s1. The van der Waals surface area contributed by atoms with Crippen LogP contribution in [0.15, 0.2) is 52.1 Å². The molecule has 0 unspecified atom stereocenters. The average molecular weight is 491 g/mol. The average Bonchev–Trinajstić information content (AvgIpc) is 3.20. The minimum Gasteiger partial charge on any atom is -0.508 e. The number of hydrogen-bond acceptors (Lipinski definition) is 6. The van der Waals surface area contributed by atoms with E-state index >= 15 is 0 Å². The van der Waals surface area contributed by atoms with Crippen LogP contribution in [0.25, 0.3) is 22.2 Å². The number of nitro groups is 1. The summed E-state index contributed by atoms with van der Waals surface area (Å²) in [6.07, 6.45) is -0.961. The number of non-ortho nitro benzene ring substituents is 1. The minimum absolute atomic E-state index is 0.183. The lowest BCUT2D eigenvalue weighted by Crippen LogP contribution is -2.40.